The molecule has 3 aromatic rings. The quantitative estimate of drug-likeness (QED) is 0.512. The van der Waals surface area contributed by atoms with Gasteiger partial charge in [-0.1, -0.05) is 11.2 Å². The highest BCUT2D eigenvalue weighted by Gasteiger charge is 2.39. The van der Waals surface area contributed by atoms with E-state index in [0.29, 0.717) is 23.0 Å². The number of likely N-dealkylation sites (tertiary alicyclic amines) is 1. The number of amides is 3. The van der Waals surface area contributed by atoms with Crippen LogP contribution in [0.15, 0.2) is 47.0 Å². The fourth-order valence-corrected chi connectivity index (χ4v) is 4.49. The smallest absolute Gasteiger partial charge is 0.276 e. The van der Waals surface area contributed by atoms with Crippen LogP contribution >= 0.6 is 0 Å². The first kappa shape index (κ1) is 25.9. The fraction of sp³-hybridized carbons (Fsp3) is 0.333. The Kier molecular flexibility index (Phi) is 7.26. The molecular weight excluding hydrogens is 508 g/mol. The average molecular weight is 537 g/mol. The van der Waals surface area contributed by atoms with E-state index in [-0.39, 0.29) is 55.1 Å². The van der Waals surface area contributed by atoms with Crippen molar-refractivity contribution in [3.8, 4) is 23.0 Å². The monoisotopic (exact) mass is 536 g/mol. The largest absolute Gasteiger partial charge is 0.493 e. The number of fused-ring (bicyclic) bond motifs is 7. The van der Waals surface area contributed by atoms with E-state index in [9.17, 15) is 14.4 Å². The van der Waals surface area contributed by atoms with Gasteiger partial charge in [-0.05, 0) is 42.8 Å². The van der Waals surface area contributed by atoms with E-state index >= 15 is 0 Å². The Morgan fingerprint density at radius 1 is 1.03 bits per heavy atom. The summed E-state index contributed by atoms with van der Waals surface area (Å²) in [4.78, 5) is 40.4. The van der Waals surface area contributed by atoms with Crippen LogP contribution in [0.1, 0.15) is 32.2 Å². The second kappa shape index (κ2) is 10.9. The molecule has 0 unspecified atom stereocenters. The number of nitrogens with one attached hydrogen (secondary N) is 2. The third-order valence-electron chi connectivity index (χ3n) is 6.50. The van der Waals surface area contributed by atoms with E-state index in [2.05, 4.69) is 15.8 Å². The molecule has 6 rings (SSSR count). The van der Waals surface area contributed by atoms with Crippen LogP contribution in [-0.2, 0) is 11.3 Å². The molecule has 0 aliphatic carbocycles. The van der Waals surface area contributed by atoms with Gasteiger partial charge in [0, 0.05) is 24.7 Å². The number of benzene rings is 2. The molecule has 12 nitrogen and oxygen atoms in total. The molecule has 204 valence electrons. The molecule has 0 spiro atoms. The van der Waals surface area contributed by atoms with Gasteiger partial charge in [0.2, 0.25) is 0 Å². The average Bonchev–Trinajstić information content (AvgIpc) is 3.56. The molecule has 3 aliphatic heterocycles. The van der Waals surface area contributed by atoms with Crippen molar-refractivity contribution in [2.45, 2.75) is 25.6 Å². The van der Waals surface area contributed by atoms with Crippen molar-refractivity contribution in [2.24, 2.45) is 0 Å². The lowest BCUT2D eigenvalue weighted by atomic mass is 10.1. The number of carbonyl (C=O) groups is 3. The lowest BCUT2D eigenvalue weighted by Crippen LogP contribution is -2.45. The van der Waals surface area contributed by atoms with Crippen LogP contribution in [0.25, 0.3) is 0 Å². The van der Waals surface area contributed by atoms with Crippen molar-refractivity contribution >= 4 is 17.7 Å². The van der Waals surface area contributed by atoms with Gasteiger partial charge in [0.15, 0.2) is 35.3 Å². The highest BCUT2D eigenvalue weighted by Crippen LogP contribution is 2.32. The third kappa shape index (κ3) is 5.59. The lowest BCUT2D eigenvalue weighted by Gasteiger charge is -2.22. The second-order valence-electron chi connectivity index (χ2n) is 9.19. The SMILES string of the molecule is COc1ccc2cc1OCC(=O)NCc1ccc(c(OC)c1)O[C@H]1CN(C(=O)c3cc(C)on3)C[C@@H]1NC2=O. The Morgan fingerprint density at radius 3 is 2.59 bits per heavy atom. The van der Waals surface area contributed by atoms with E-state index in [4.69, 9.17) is 23.5 Å². The Labute approximate surface area is 224 Å². The van der Waals surface area contributed by atoms with Crippen LogP contribution in [0.3, 0.4) is 0 Å². The first-order valence-corrected chi connectivity index (χ1v) is 12.3. The number of hydrogen-bond donors (Lipinski definition) is 2. The first-order chi connectivity index (χ1) is 18.8. The van der Waals surface area contributed by atoms with E-state index in [1.54, 1.807) is 48.2 Å². The normalized spacial score (nSPS) is 19.2. The molecule has 2 atom stereocenters. The summed E-state index contributed by atoms with van der Waals surface area (Å²) in [5, 5.41) is 9.61. The van der Waals surface area contributed by atoms with Gasteiger partial charge in [0.25, 0.3) is 17.7 Å². The van der Waals surface area contributed by atoms with Gasteiger partial charge < -0.3 is 39.0 Å². The minimum Gasteiger partial charge on any atom is -0.493 e. The van der Waals surface area contributed by atoms with Gasteiger partial charge in [-0.15, -0.1) is 0 Å². The van der Waals surface area contributed by atoms with Crippen molar-refractivity contribution in [1.29, 1.82) is 0 Å². The molecule has 2 N–H and O–H groups in total. The molecule has 0 radical (unpaired) electrons. The summed E-state index contributed by atoms with van der Waals surface area (Å²) >= 11 is 0. The van der Waals surface area contributed by atoms with Crippen molar-refractivity contribution in [3.05, 3.63) is 65.0 Å². The van der Waals surface area contributed by atoms with Crippen molar-refractivity contribution < 1.29 is 37.9 Å². The maximum atomic E-state index is 13.3. The number of aromatic nitrogens is 1. The molecule has 3 amide bonds. The van der Waals surface area contributed by atoms with Crippen molar-refractivity contribution in [3.63, 3.8) is 0 Å². The van der Waals surface area contributed by atoms with Crippen LogP contribution in [-0.4, -0.2) is 73.8 Å². The second-order valence-corrected chi connectivity index (χ2v) is 9.19. The Balaban J connectivity index is 1.48. The van der Waals surface area contributed by atoms with Gasteiger partial charge in [-0.2, -0.15) is 0 Å². The lowest BCUT2D eigenvalue weighted by molar-refractivity contribution is -0.123. The molecule has 3 aliphatic rings. The summed E-state index contributed by atoms with van der Waals surface area (Å²) in [6.07, 6.45) is -0.602. The first-order valence-electron chi connectivity index (χ1n) is 12.3. The van der Waals surface area contributed by atoms with Crippen molar-refractivity contribution in [2.75, 3.05) is 33.9 Å². The molecule has 1 saturated heterocycles. The number of methoxy groups -OCH3 is 2. The zero-order valence-corrected chi connectivity index (χ0v) is 21.7. The summed E-state index contributed by atoms with van der Waals surface area (Å²) in [5.74, 6) is 0.912. The predicted molar refractivity (Wildman–Crippen MR) is 136 cm³/mol. The highest BCUT2D eigenvalue weighted by atomic mass is 16.5. The maximum Gasteiger partial charge on any atom is 0.276 e. The number of carbonyl (C=O) groups excluding carboxylic acids is 3. The van der Waals surface area contributed by atoms with Gasteiger partial charge in [-0.3, -0.25) is 14.4 Å². The molecule has 4 bridgehead atoms. The van der Waals surface area contributed by atoms with Crippen LogP contribution < -0.4 is 29.6 Å². The van der Waals surface area contributed by atoms with Crippen LogP contribution in [0, 0.1) is 6.92 Å². The Bertz CT molecular complexity index is 1400. The molecule has 1 aromatic heterocycles. The minimum atomic E-state index is -0.602. The number of aryl methyl sites for hydroxylation is 1. The summed E-state index contributed by atoms with van der Waals surface area (Å²) < 4.78 is 27.9. The number of ether oxygens (including phenoxy) is 4. The topological polar surface area (TPSA) is 141 Å². The van der Waals surface area contributed by atoms with Gasteiger partial charge in [0.05, 0.1) is 26.8 Å². The molecule has 39 heavy (non-hydrogen) atoms. The summed E-state index contributed by atoms with van der Waals surface area (Å²) in [6.45, 7) is 2.04. The fourth-order valence-electron chi connectivity index (χ4n) is 4.49. The maximum absolute atomic E-state index is 13.3. The summed E-state index contributed by atoms with van der Waals surface area (Å²) in [7, 11) is 2.98. The standard InChI is InChI=1S/C27H28N4O8/c1-15-8-18(30-39-15)27(34)31-12-19-24(13-31)38-21-6-4-16(9-22(21)36-3)11-28-25(32)14-37-23-10-17(26(33)29-19)5-7-20(23)35-2/h4-10,19,24H,11-14H2,1-3H3,(H,28,32)(H,29,33)/t19-,24-/m0/s1. The van der Waals surface area contributed by atoms with Gasteiger partial charge in [-0.25, -0.2) is 0 Å². The van der Waals surface area contributed by atoms with Crippen LogP contribution in [0.2, 0.25) is 0 Å². The van der Waals surface area contributed by atoms with Crippen molar-refractivity contribution in [1.82, 2.24) is 20.7 Å². The molecule has 2 aromatic carbocycles. The zero-order chi connectivity index (χ0) is 27.5. The highest BCUT2D eigenvalue weighted by molar-refractivity contribution is 5.96. The molecule has 0 saturated carbocycles. The minimum absolute atomic E-state index is 0.175. The predicted octanol–water partition coefficient (Wildman–Crippen LogP) is 1.71. The Hall–Kier alpha value is -4.74. The van der Waals surface area contributed by atoms with E-state index < -0.39 is 18.1 Å². The number of nitrogens with zero attached hydrogens (tertiary/aromatic N) is 2. The van der Waals surface area contributed by atoms with E-state index in [1.807, 2.05) is 0 Å². The van der Waals surface area contributed by atoms with E-state index in [1.165, 1.54) is 20.3 Å². The number of hydrogen-bond acceptors (Lipinski definition) is 9. The molecule has 1 fully saturated rings. The molecular formula is C27H28N4O8. The van der Waals surface area contributed by atoms with Crippen LogP contribution in [0.4, 0.5) is 0 Å². The summed E-state index contributed by atoms with van der Waals surface area (Å²) in [6, 6.07) is 11.0. The number of rotatable bonds is 3. The van der Waals surface area contributed by atoms with Gasteiger partial charge in [0.1, 0.15) is 11.9 Å². The van der Waals surface area contributed by atoms with Crippen LogP contribution in [0.5, 0.6) is 23.0 Å². The molecule has 4 heterocycles. The van der Waals surface area contributed by atoms with E-state index in [0.717, 1.165) is 5.56 Å². The zero-order valence-electron chi connectivity index (χ0n) is 21.7. The third-order valence-corrected chi connectivity index (χ3v) is 6.50. The van der Waals surface area contributed by atoms with Gasteiger partial charge >= 0.3 is 0 Å². The molecule has 12 heteroatoms. The summed E-state index contributed by atoms with van der Waals surface area (Å²) in [5.41, 5.74) is 1.24. The Morgan fingerprint density at radius 2 is 1.85 bits per heavy atom.